The van der Waals surface area contributed by atoms with Gasteiger partial charge in [0.25, 0.3) is 5.69 Å². The van der Waals surface area contributed by atoms with Crippen LogP contribution in [-0.4, -0.2) is 48.7 Å². The van der Waals surface area contributed by atoms with E-state index < -0.39 is 0 Å². The standard InChI is InChI=1S/C14H21N3O3/c1-11-3-4-13(17(18)19)9-14(11)15-12(2)10-16-5-7-20-8-6-16/h3-4,9,12,15H,5-8,10H2,1-2H3. The molecule has 20 heavy (non-hydrogen) atoms. The maximum Gasteiger partial charge on any atom is 0.271 e. The van der Waals surface area contributed by atoms with Crippen LogP contribution in [-0.2, 0) is 4.74 Å². The molecule has 0 amide bonds. The predicted octanol–water partition coefficient (Wildman–Crippen LogP) is 2.04. The third kappa shape index (κ3) is 3.91. The second-order valence-corrected chi connectivity index (χ2v) is 5.21. The lowest BCUT2D eigenvalue weighted by Crippen LogP contribution is -2.42. The third-order valence-electron chi connectivity index (χ3n) is 3.47. The minimum absolute atomic E-state index is 0.122. The molecule has 0 spiro atoms. The number of anilines is 1. The quantitative estimate of drug-likeness (QED) is 0.660. The first-order valence-corrected chi connectivity index (χ1v) is 6.88. The van der Waals surface area contributed by atoms with Crippen LogP contribution >= 0.6 is 0 Å². The van der Waals surface area contributed by atoms with Crippen LogP contribution in [0, 0.1) is 17.0 Å². The molecular weight excluding hydrogens is 258 g/mol. The fraction of sp³-hybridized carbons (Fsp3) is 0.571. The Hall–Kier alpha value is -1.66. The van der Waals surface area contributed by atoms with Gasteiger partial charge in [-0.15, -0.1) is 0 Å². The molecular formula is C14H21N3O3. The number of rotatable bonds is 5. The van der Waals surface area contributed by atoms with Crippen LogP contribution in [0.15, 0.2) is 18.2 Å². The van der Waals surface area contributed by atoms with E-state index in [1.165, 1.54) is 6.07 Å². The minimum atomic E-state index is -0.364. The van der Waals surface area contributed by atoms with Crippen molar-refractivity contribution in [3.05, 3.63) is 33.9 Å². The average molecular weight is 279 g/mol. The SMILES string of the molecule is Cc1ccc([N+](=O)[O-])cc1NC(C)CN1CCOCC1. The molecule has 1 unspecified atom stereocenters. The summed E-state index contributed by atoms with van der Waals surface area (Å²) >= 11 is 0. The minimum Gasteiger partial charge on any atom is -0.381 e. The molecule has 1 fully saturated rings. The van der Waals surface area contributed by atoms with Gasteiger partial charge in [0.1, 0.15) is 0 Å². The summed E-state index contributed by atoms with van der Waals surface area (Å²) in [6, 6.07) is 5.15. The normalized spacial score (nSPS) is 17.7. The molecule has 0 radical (unpaired) electrons. The van der Waals surface area contributed by atoms with E-state index in [1.54, 1.807) is 12.1 Å². The highest BCUT2D eigenvalue weighted by Gasteiger charge is 2.15. The number of nitro benzene ring substituents is 1. The zero-order valence-corrected chi connectivity index (χ0v) is 12.0. The summed E-state index contributed by atoms with van der Waals surface area (Å²) in [6.45, 7) is 8.40. The van der Waals surface area contributed by atoms with Crippen LogP contribution in [0.5, 0.6) is 0 Å². The lowest BCUT2D eigenvalue weighted by Gasteiger charge is -2.30. The lowest BCUT2D eigenvalue weighted by atomic mass is 10.1. The van der Waals surface area contributed by atoms with Crippen molar-refractivity contribution in [3.63, 3.8) is 0 Å². The Morgan fingerprint density at radius 3 is 2.80 bits per heavy atom. The first-order valence-electron chi connectivity index (χ1n) is 6.88. The van der Waals surface area contributed by atoms with Gasteiger partial charge in [0.15, 0.2) is 0 Å². The van der Waals surface area contributed by atoms with Crippen molar-refractivity contribution in [2.75, 3.05) is 38.2 Å². The summed E-state index contributed by atoms with van der Waals surface area (Å²) in [5, 5.41) is 14.2. The fourth-order valence-corrected chi connectivity index (χ4v) is 2.36. The Kier molecular flexibility index (Phi) is 4.92. The molecule has 0 bridgehead atoms. The maximum absolute atomic E-state index is 10.8. The topological polar surface area (TPSA) is 67.6 Å². The Morgan fingerprint density at radius 1 is 1.45 bits per heavy atom. The molecule has 1 N–H and O–H groups in total. The molecule has 0 aromatic heterocycles. The second kappa shape index (κ2) is 6.67. The number of hydrogen-bond acceptors (Lipinski definition) is 5. The summed E-state index contributed by atoms with van der Waals surface area (Å²) in [7, 11) is 0. The number of nitrogens with zero attached hydrogens (tertiary/aromatic N) is 2. The van der Waals surface area contributed by atoms with E-state index in [1.807, 2.05) is 6.92 Å². The van der Waals surface area contributed by atoms with Crippen LogP contribution in [0.3, 0.4) is 0 Å². The molecule has 0 aliphatic carbocycles. The number of nitro groups is 1. The molecule has 1 saturated heterocycles. The van der Waals surface area contributed by atoms with E-state index in [4.69, 9.17) is 4.74 Å². The van der Waals surface area contributed by atoms with Crippen LogP contribution in [0.25, 0.3) is 0 Å². The Labute approximate surface area is 118 Å². The van der Waals surface area contributed by atoms with Gasteiger partial charge in [-0.3, -0.25) is 15.0 Å². The summed E-state index contributed by atoms with van der Waals surface area (Å²) in [4.78, 5) is 12.8. The van der Waals surface area contributed by atoms with Crippen molar-refractivity contribution in [3.8, 4) is 0 Å². The predicted molar refractivity (Wildman–Crippen MR) is 78.2 cm³/mol. The zero-order valence-electron chi connectivity index (χ0n) is 12.0. The zero-order chi connectivity index (χ0) is 14.5. The van der Waals surface area contributed by atoms with Gasteiger partial charge in [0.05, 0.1) is 18.1 Å². The molecule has 1 aromatic rings. The molecule has 1 heterocycles. The number of non-ortho nitro benzene ring substituents is 1. The molecule has 6 heteroatoms. The summed E-state index contributed by atoms with van der Waals surface area (Å²) in [6.07, 6.45) is 0. The summed E-state index contributed by atoms with van der Waals surface area (Å²) < 4.78 is 5.32. The highest BCUT2D eigenvalue weighted by molar-refractivity contribution is 5.57. The smallest absolute Gasteiger partial charge is 0.271 e. The van der Waals surface area contributed by atoms with E-state index in [0.29, 0.717) is 0 Å². The first kappa shape index (κ1) is 14.7. The third-order valence-corrected chi connectivity index (χ3v) is 3.47. The monoisotopic (exact) mass is 279 g/mol. The fourth-order valence-electron chi connectivity index (χ4n) is 2.36. The van der Waals surface area contributed by atoms with Crippen molar-refractivity contribution in [1.82, 2.24) is 4.90 Å². The summed E-state index contributed by atoms with van der Waals surface area (Å²) in [5.74, 6) is 0. The van der Waals surface area contributed by atoms with Crippen molar-refractivity contribution in [2.24, 2.45) is 0 Å². The molecule has 110 valence electrons. The number of morpholine rings is 1. The van der Waals surface area contributed by atoms with Crippen molar-refractivity contribution < 1.29 is 9.66 Å². The Bertz CT molecular complexity index is 473. The second-order valence-electron chi connectivity index (χ2n) is 5.21. The molecule has 2 rings (SSSR count). The van der Waals surface area contributed by atoms with Gasteiger partial charge in [-0.25, -0.2) is 0 Å². The molecule has 1 atom stereocenters. The van der Waals surface area contributed by atoms with Gasteiger partial charge in [0.2, 0.25) is 0 Å². The number of aryl methyl sites for hydroxylation is 1. The van der Waals surface area contributed by atoms with E-state index in [2.05, 4.69) is 17.1 Å². The van der Waals surface area contributed by atoms with Crippen molar-refractivity contribution in [2.45, 2.75) is 19.9 Å². The van der Waals surface area contributed by atoms with Crippen LogP contribution in [0.2, 0.25) is 0 Å². The van der Waals surface area contributed by atoms with Gasteiger partial charge in [-0.1, -0.05) is 6.07 Å². The highest BCUT2D eigenvalue weighted by Crippen LogP contribution is 2.22. The molecule has 1 aliphatic rings. The number of benzene rings is 1. The molecule has 1 aromatic carbocycles. The largest absolute Gasteiger partial charge is 0.381 e. The Balaban J connectivity index is 1.97. The van der Waals surface area contributed by atoms with E-state index >= 15 is 0 Å². The highest BCUT2D eigenvalue weighted by atomic mass is 16.6. The maximum atomic E-state index is 10.8. The molecule has 0 saturated carbocycles. The van der Waals surface area contributed by atoms with Crippen molar-refractivity contribution >= 4 is 11.4 Å². The van der Waals surface area contributed by atoms with E-state index in [-0.39, 0.29) is 16.7 Å². The van der Waals surface area contributed by atoms with Gasteiger partial charge < -0.3 is 10.1 Å². The number of nitrogens with one attached hydrogen (secondary N) is 1. The first-order chi connectivity index (χ1) is 9.56. The van der Waals surface area contributed by atoms with E-state index in [0.717, 1.165) is 44.1 Å². The number of hydrogen-bond donors (Lipinski definition) is 1. The molecule has 6 nitrogen and oxygen atoms in total. The van der Waals surface area contributed by atoms with Crippen LogP contribution in [0.4, 0.5) is 11.4 Å². The van der Waals surface area contributed by atoms with Gasteiger partial charge >= 0.3 is 0 Å². The molecule has 1 aliphatic heterocycles. The Morgan fingerprint density at radius 2 is 2.15 bits per heavy atom. The lowest BCUT2D eigenvalue weighted by molar-refractivity contribution is -0.384. The summed E-state index contributed by atoms with van der Waals surface area (Å²) in [5.41, 5.74) is 1.97. The van der Waals surface area contributed by atoms with Crippen molar-refractivity contribution in [1.29, 1.82) is 0 Å². The van der Waals surface area contributed by atoms with E-state index in [9.17, 15) is 10.1 Å². The van der Waals surface area contributed by atoms with Gasteiger partial charge in [-0.2, -0.15) is 0 Å². The van der Waals surface area contributed by atoms with Crippen LogP contribution < -0.4 is 5.32 Å². The average Bonchev–Trinajstić information content (AvgIpc) is 2.42. The number of ether oxygens (including phenoxy) is 1. The van der Waals surface area contributed by atoms with Crippen LogP contribution in [0.1, 0.15) is 12.5 Å². The van der Waals surface area contributed by atoms with Gasteiger partial charge in [-0.05, 0) is 19.4 Å². The van der Waals surface area contributed by atoms with Gasteiger partial charge in [0, 0.05) is 43.5 Å².